The van der Waals surface area contributed by atoms with Crippen molar-refractivity contribution < 1.29 is 4.79 Å². The number of aromatic nitrogens is 2. The zero-order valence-electron chi connectivity index (χ0n) is 14.5. The molecule has 0 bridgehead atoms. The molecule has 0 spiro atoms. The smallest absolute Gasteiger partial charge is 0.323 e. The van der Waals surface area contributed by atoms with Crippen LogP contribution in [0.15, 0.2) is 47.3 Å². The van der Waals surface area contributed by atoms with Gasteiger partial charge < -0.3 is 15.3 Å². The van der Waals surface area contributed by atoms with Gasteiger partial charge in [-0.15, -0.1) is 0 Å². The first-order valence-corrected chi connectivity index (χ1v) is 8.28. The van der Waals surface area contributed by atoms with Gasteiger partial charge in [-0.3, -0.25) is 10.1 Å². The molecule has 4 N–H and O–H groups in total. The number of aryl methyl sites for hydroxylation is 1. The number of benzene rings is 2. The monoisotopic (exact) mass is 338 g/mol. The highest BCUT2D eigenvalue weighted by Crippen LogP contribution is 2.18. The molecule has 25 heavy (non-hydrogen) atoms. The molecule has 1 amide bonds. The van der Waals surface area contributed by atoms with Crippen LogP contribution in [0.4, 0.5) is 5.69 Å². The van der Waals surface area contributed by atoms with E-state index in [0.29, 0.717) is 16.7 Å². The second-order valence-electron chi connectivity index (χ2n) is 6.30. The van der Waals surface area contributed by atoms with Crippen molar-refractivity contribution in [2.45, 2.75) is 32.9 Å². The minimum Gasteiger partial charge on any atom is -0.325 e. The number of nitrogens with one attached hydrogen (secondary N) is 4. The molecule has 0 saturated heterocycles. The van der Waals surface area contributed by atoms with Crippen LogP contribution in [0.5, 0.6) is 0 Å². The lowest BCUT2D eigenvalue weighted by molar-refractivity contribution is -0.117. The summed E-state index contributed by atoms with van der Waals surface area (Å²) in [7, 11) is 0. The van der Waals surface area contributed by atoms with Crippen LogP contribution in [0.1, 0.15) is 31.0 Å². The normalized spacial score (nSPS) is 13.6. The molecule has 2 aromatic carbocycles. The zero-order valence-corrected chi connectivity index (χ0v) is 14.5. The Morgan fingerprint density at radius 1 is 1.04 bits per heavy atom. The van der Waals surface area contributed by atoms with E-state index in [-0.39, 0.29) is 23.7 Å². The van der Waals surface area contributed by atoms with Gasteiger partial charge in [-0.2, -0.15) is 0 Å². The van der Waals surface area contributed by atoms with Crippen LogP contribution in [0.25, 0.3) is 11.0 Å². The second kappa shape index (κ2) is 6.94. The Hall–Kier alpha value is -2.86. The first-order valence-electron chi connectivity index (χ1n) is 8.28. The van der Waals surface area contributed by atoms with Gasteiger partial charge in [-0.05, 0) is 50.1 Å². The van der Waals surface area contributed by atoms with Gasteiger partial charge in [0.1, 0.15) is 0 Å². The van der Waals surface area contributed by atoms with Gasteiger partial charge >= 0.3 is 5.69 Å². The van der Waals surface area contributed by atoms with Crippen LogP contribution in [-0.2, 0) is 4.79 Å². The van der Waals surface area contributed by atoms with Crippen LogP contribution in [0.3, 0.4) is 0 Å². The lowest BCUT2D eigenvalue weighted by Crippen LogP contribution is -2.39. The Kier molecular flexibility index (Phi) is 4.72. The fourth-order valence-electron chi connectivity index (χ4n) is 2.97. The molecule has 1 heterocycles. The number of amides is 1. The van der Waals surface area contributed by atoms with Gasteiger partial charge in [0.2, 0.25) is 5.91 Å². The van der Waals surface area contributed by atoms with Crippen LogP contribution < -0.4 is 16.3 Å². The maximum absolute atomic E-state index is 12.5. The van der Waals surface area contributed by atoms with Crippen molar-refractivity contribution in [3.8, 4) is 0 Å². The number of hydrogen-bond acceptors (Lipinski definition) is 3. The summed E-state index contributed by atoms with van der Waals surface area (Å²) in [5, 5.41) is 6.20. The summed E-state index contributed by atoms with van der Waals surface area (Å²) in [6, 6.07) is 13.1. The Bertz CT molecular complexity index is 957. The summed E-state index contributed by atoms with van der Waals surface area (Å²) < 4.78 is 0. The SMILES string of the molecule is Cc1ccccc1[C@H](C)N[C@@H](C)C(=O)Nc1ccc2[nH]c(=O)[nH]c2c1. The Balaban J connectivity index is 1.67. The van der Waals surface area contributed by atoms with E-state index >= 15 is 0 Å². The van der Waals surface area contributed by atoms with Crippen molar-refractivity contribution in [2.75, 3.05) is 5.32 Å². The lowest BCUT2D eigenvalue weighted by atomic mass is 10.0. The number of H-pyrrole nitrogens is 2. The van der Waals surface area contributed by atoms with E-state index in [2.05, 4.69) is 39.7 Å². The van der Waals surface area contributed by atoms with E-state index in [0.717, 1.165) is 0 Å². The van der Waals surface area contributed by atoms with Gasteiger partial charge in [0, 0.05) is 11.7 Å². The molecule has 1 aromatic heterocycles. The first-order chi connectivity index (χ1) is 11.9. The fraction of sp³-hybridized carbons (Fsp3) is 0.263. The molecule has 0 aliphatic rings. The van der Waals surface area contributed by atoms with Crippen molar-refractivity contribution in [1.29, 1.82) is 0 Å². The topological polar surface area (TPSA) is 89.8 Å². The minimum absolute atomic E-state index is 0.0606. The molecule has 0 radical (unpaired) electrons. The predicted octanol–water partition coefficient (Wildman–Crippen LogP) is 2.84. The Morgan fingerprint density at radius 2 is 1.76 bits per heavy atom. The third-order valence-corrected chi connectivity index (χ3v) is 4.33. The maximum Gasteiger partial charge on any atom is 0.323 e. The van der Waals surface area contributed by atoms with Crippen LogP contribution in [0.2, 0.25) is 0 Å². The molecule has 0 saturated carbocycles. The van der Waals surface area contributed by atoms with Crippen molar-refractivity contribution >= 4 is 22.6 Å². The van der Waals surface area contributed by atoms with Gasteiger partial charge in [0.15, 0.2) is 0 Å². The number of hydrogen-bond donors (Lipinski definition) is 4. The fourth-order valence-corrected chi connectivity index (χ4v) is 2.97. The number of fused-ring (bicyclic) bond motifs is 1. The third kappa shape index (κ3) is 3.80. The highest BCUT2D eigenvalue weighted by Gasteiger charge is 2.17. The number of carbonyl (C=O) groups excluding carboxylic acids is 1. The lowest BCUT2D eigenvalue weighted by Gasteiger charge is -2.21. The molecule has 3 aromatic rings. The van der Waals surface area contributed by atoms with E-state index in [9.17, 15) is 9.59 Å². The molecule has 6 heteroatoms. The van der Waals surface area contributed by atoms with E-state index in [1.54, 1.807) is 18.2 Å². The van der Waals surface area contributed by atoms with Crippen molar-refractivity contribution in [2.24, 2.45) is 0 Å². The quantitative estimate of drug-likeness (QED) is 0.577. The summed E-state index contributed by atoms with van der Waals surface area (Å²) in [5.74, 6) is -0.127. The van der Waals surface area contributed by atoms with Crippen molar-refractivity contribution in [3.63, 3.8) is 0 Å². The molecule has 0 fully saturated rings. The Morgan fingerprint density at radius 3 is 2.52 bits per heavy atom. The standard InChI is InChI=1S/C19H22N4O2/c1-11-6-4-5-7-15(11)12(2)20-13(3)18(24)21-14-8-9-16-17(10-14)23-19(25)22-16/h4-10,12-13,20H,1-3H3,(H,21,24)(H2,22,23,25)/t12-,13-/m0/s1. The molecular weight excluding hydrogens is 316 g/mol. The third-order valence-electron chi connectivity index (χ3n) is 4.33. The van der Waals surface area contributed by atoms with E-state index in [4.69, 9.17) is 0 Å². The number of aromatic amines is 2. The average molecular weight is 338 g/mol. The van der Waals surface area contributed by atoms with Crippen LogP contribution >= 0.6 is 0 Å². The van der Waals surface area contributed by atoms with Crippen molar-refractivity contribution in [3.05, 3.63) is 64.1 Å². The Labute approximate surface area is 145 Å². The summed E-state index contributed by atoms with van der Waals surface area (Å²) in [6.45, 7) is 5.94. The summed E-state index contributed by atoms with van der Waals surface area (Å²) in [4.78, 5) is 29.1. The first kappa shape index (κ1) is 17.0. The summed E-state index contributed by atoms with van der Waals surface area (Å²) >= 11 is 0. The van der Waals surface area contributed by atoms with E-state index < -0.39 is 0 Å². The summed E-state index contributed by atoms with van der Waals surface area (Å²) in [6.07, 6.45) is 0. The number of imidazole rings is 1. The van der Waals surface area contributed by atoms with E-state index in [1.165, 1.54) is 11.1 Å². The van der Waals surface area contributed by atoms with Crippen LogP contribution in [0, 0.1) is 6.92 Å². The van der Waals surface area contributed by atoms with Crippen LogP contribution in [-0.4, -0.2) is 21.9 Å². The number of carbonyl (C=O) groups is 1. The molecule has 0 aliphatic carbocycles. The van der Waals surface area contributed by atoms with Gasteiger partial charge in [-0.25, -0.2) is 4.79 Å². The number of anilines is 1. The zero-order chi connectivity index (χ0) is 18.0. The molecule has 6 nitrogen and oxygen atoms in total. The van der Waals surface area contributed by atoms with Crippen molar-refractivity contribution in [1.82, 2.24) is 15.3 Å². The largest absolute Gasteiger partial charge is 0.325 e. The highest BCUT2D eigenvalue weighted by molar-refractivity contribution is 5.96. The molecular formula is C19H22N4O2. The van der Waals surface area contributed by atoms with Gasteiger partial charge in [-0.1, -0.05) is 24.3 Å². The molecule has 130 valence electrons. The maximum atomic E-state index is 12.5. The summed E-state index contributed by atoms with van der Waals surface area (Å²) in [5.41, 5.74) is 4.12. The number of rotatable bonds is 5. The molecule has 2 atom stereocenters. The second-order valence-corrected chi connectivity index (χ2v) is 6.30. The minimum atomic E-state index is -0.365. The average Bonchev–Trinajstić information content (AvgIpc) is 2.94. The predicted molar refractivity (Wildman–Crippen MR) is 99.7 cm³/mol. The van der Waals surface area contributed by atoms with Gasteiger partial charge in [0.25, 0.3) is 0 Å². The molecule has 0 unspecified atom stereocenters. The highest BCUT2D eigenvalue weighted by atomic mass is 16.2. The van der Waals surface area contributed by atoms with E-state index in [1.807, 2.05) is 26.0 Å². The molecule has 0 aliphatic heterocycles. The molecule has 3 rings (SSSR count). The van der Waals surface area contributed by atoms with Gasteiger partial charge in [0.05, 0.1) is 17.1 Å².